The third-order valence-electron chi connectivity index (χ3n) is 18.5. The SMILES string of the molecule is CCCCCCc1ccc(-c2ccc(-c3ccc(-c4ccc(-c5ccc(C)cc5)s4)s3)s2)s1.CCCCCCc1ccc(-c2ccc(-c3ccc(-c4ccc(-c5ccc(N(c6ccc(-c7ccc(N(C)c8ccc(C(C)(C)C)cc8)cc7)cc6)c6ccc(C(C)(C)C)cc6)cc5)s4)s3)s2)s1. The van der Waals surface area contributed by atoms with Crippen LogP contribution in [-0.4, -0.2) is 7.05 Å². The zero-order valence-electron chi connectivity index (χ0n) is 59.3. The van der Waals surface area contributed by atoms with Gasteiger partial charge in [-0.15, -0.1) is 90.7 Å². The molecular formula is C90H90N2S8. The number of anilines is 5. The molecule has 8 aromatic heterocycles. The number of nitrogens with zero attached hydrogens (tertiary/aromatic N) is 2. The molecule has 6 aromatic carbocycles. The highest BCUT2D eigenvalue weighted by atomic mass is 32.1. The fourth-order valence-corrected chi connectivity index (χ4v) is 21.2. The summed E-state index contributed by atoms with van der Waals surface area (Å²) in [6.45, 7) is 20.3. The summed E-state index contributed by atoms with van der Waals surface area (Å²) in [5.74, 6) is 0. The lowest BCUT2D eigenvalue weighted by molar-refractivity contribution is 0.590. The summed E-state index contributed by atoms with van der Waals surface area (Å²) in [6, 6.07) is 90.6. The Hall–Kier alpha value is -7.48. The average Bonchev–Trinajstić information content (AvgIpc) is 1.52. The van der Waals surface area contributed by atoms with Crippen molar-refractivity contribution in [2.24, 2.45) is 0 Å². The van der Waals surface area contributed by atoms with Gasteiger partial charge in [0.25, 0.3) is 0 Å². The number of unbranched alkanes of at least 4 members (excludes halogenated alkanes) is 6. The molecule has 0 atom stereocenters. The summed E-state index contributed by atoms with van der Waals surface area (Å²) in [6.07, 6.45) is 13.0. The fraction of sp³-hybridized carbons (Fsp3) is 0.244. The summed E-state index contributed by atoms with van der Waals surface area (Å²) >= 11 is 15.3. The molecule has 14 aromatic rings. The number of hydrogen-bond donors (Lipinski definition) is 0. The van der Waals surface area contributed by atoms with Crippen molar-refractivity contribution in [1.82, 2.24) is 0 Å². The Kier molecular flexibility index (Phi) is 22.9. The van der Waals surface area contributed by atoms with Gasteiger partial charge in [-0.2, -0.15) is 0 Å². The van der Waals surface area contributed by atoms with E-state index in [-0.39, 0.29) is 10.8 Å². The van der Waals surface area contributed by atoms with Crippen LogP contribution in [0.3, 0.4) is 0 Å². The van der Waals surface area contributed by atoms with Crippen LogP contribution >= 0.6 is 90.7 Å². The van der Waals surface area contributed by atoms with E-state index < -0.39 is 0 Å². The van der Waals surface area contributed by atoms with Crippen LogP contribution in [0.15, 0.2) is 243 Å². The van der Waals surface area contributed by atoms with E-state index in [0.29, 0.717) is 0 Å². The number of aryl methyl sites for hydroxylation is 3. The molecule has 0 spiro atoms. The molecule has 0 saturated carbocycles. The van der Waals surface area contributed by atoms with Crippen LogP contribution in [0.5, 0.6) is 0 Å². The molecule has 0 bridgehead atoms. The average molecular weight is 1460 g/mol. The Labute approximate surface area is 627 Å². The molecule has 2 nitrogen and oxygen atoms in total. The zero-order chi connectivity index (χ0) is 69.3. The van der Waals surface area contributed by atoms with Crippen LogP contribution in [0.2, 0.25) is 0 Å². The normalized spacial score (nSPS) is 11.7. The van der Waals surface area contributed by atoms with Gasteiger partial charge in [-0.05, 0) is 235 Å². The van der Waals surface area contributed by atoms with E-state index in [4.69, 9.17) is 0 Å². The molecule has 0 amide bonds. The molecule has 508 valence electrons. The fourth-order valence-electron chi connectivity index (χ4n) is 12.5. The Bertz CT molecular complexity index is 4880. The highest BCUT2D eigenvalue weighted by molar-refractivity contribution is 7.30. The molecule has 0 fully saturated rings. The molecule has 10 heteroatoms. The summed E-state index contributed by atoms with van der Waals surface area (Å²) in [5, 5.41) is 0. The van der Waals surface area contributed by atoms with Gasteiger partial charge < -0.3 is 9.80 Å². The smallest absolute Gasteiger partial charge is 0.0462 e. The van der Waals surface area contributed by atoms with Gasteiger partial charge in [-0.1, -0.05) is 184 Å². The van der Waals surface area contributed by atoms with Gasteiger partial charge in [0.05, 0.1) is 0 Å². The van der Waals surface area contributed by atoms with Crippen molar-refractivity contribution in [3.63, 3.8) is 0 Å². The third-order valence-corrected chi connectivity index (χ3v) is 28.6. The molecule has 100 heavy (non-hydrogen) atoms. The first-order valence-electron chi connectivity index (χ1n) is 35.4. The summed E-state index contributed by atoms with van der Waals surface area (Å²) < 4.78 is 0. The number of thiophene rings is 8. The minimum absolute atomic E-state index is 0.0769. The standard InChI is InChI=1S/C61H62N2S4.C29H28S4/c1-9-10-11-12-13-52-34-35-54(64-52)55-38-39-58(66-55)59-41-40-57(67-59)56-37-36-53(65-56)44-18-28-50(29-19-44)63(51-32-22-46(23-33-51)61(5,6)7)49-26-16-43(17-27-49)42-14-24-47(25-15-42)62(8)48-30-20-45(21-31-48)60(2,3)4;1-3-4-5-6-7-22-12-13-24(30-22)25-16-17-28(32-25)29-19-18-27(33-29)26-15-14-23(31-26)21-10-8-20(2)9-11-21/h14-41H,9-13H2,1-8H3;8-19H,3-7H2,1-2H3. The highest BCUT2D eigenvalue weighted by Crippen LogP contribution is 2.48. The maximum Gasteiger partial charge on any atom is 0.0462 e. The van der Waals surface area contributed by atoms with Gasteiger partial charge >= 0.3 is 0 Å². The first-order chi connectivity index (χ1) is 48.5. The molecule has 0 aliphatic rings. The van der Waals surface area contributed by atoms with E-state index >= 15 is 0 Å². The van der Waals surface area contributed by atoms with Gasteiger partial charge in [-0.25, -0.2) is 0 Å². The predicted molar refractivity (Wildman–Crippen MR) is 452 cm³/mol. The van der Waals surface area contributed by atoms with Gasteiger partial charge in [0.2, 0.25) is 0 Å². The maximum atomic E-state index is 2.37. The zero-order valence-corrected chi connectivity index (χ0v) is 65.9. The second kappa shape index (κ2) is 32.2. The monoisotopic (exact) mass is 1450 g/mol. The van der Waals surface area contributed by atoms with Crippen LogP contribution in [0.1, 0.15) is 133 Å². The minimum Gasteiger partial charge on any atom is -0.345 e. The lowest BCUT2D eigenvalue weighted by Crippen LogP contribution is -2.13. The van der Waals surface area contributed by atoms with Gasteiger partial charge in [0, 0.05) is 114 Å². The van der Waals surface area contributed by atoms with E-state index in [2.05, 4.69) is 322 Å². The molecule has 14 rings (SSSR count). The Morgan fingerprint density at radius 3 is 0.820 bits per heavy atom. The summed E-state index contributed by atoms with van der Waals surface area (Å²) in [5.41, 5.74) is 14.8. The van der Waals surface area contributed by atoms with E-state index in [9.17, 15) is 0 Å². The Morgan fingerprint density at radius 2 is 0.500 bits per heavy atom. The van der Waals surface area contributed by atoms with Crippen molar-refractivity contribution < 1.29 is 0 Å². The predicted octanol–water partition coefficient (Wildman–Crippen LogP) is 31.3. The van der Waals surface area contributed by atoms with Crippen molar-refractivity contribution in [3.8, 4) is 90.5 Å². The molecule has 0 saturated heterocycles. The lowest BCUT2D eigenvalue weighted by atomic mass is 9.87. The molecule has 0 unspecified atom stereocenters. The van der Waals surface area contributed by atoms with Crippen LogP contribution in [0.25, 0.3) is 90.5 Å². The second-order valence-electron chi connectivity index (χ2n) is 28.1. The van der Waals surface area contributed by atoms with Gasteiger partial charge in [-0.3, -0.25) is 0 Å². The van der Waals surface area contributed by atoms with Crippen molar-refractivity contribution in [1.29, 1.82) is 0 Å². The molecule has 0 aliphatic heterocycles. The van der Waals surface area contributed by atoms with Crippen LogP contribution in [-0.2, 0) is 23.7 Å². The third kappa shape index (κ3) is 17.3. The minimum atomic E-state index is 0.0769. The van der Waals surface area contributed by atoms with Crippen molar-refractivity contribution in [2.45, 2.75) is 137 Å². The Balaban J connectivity index is 0.000000226. The molecule has 0 radical (unpaired) electrons. The maximum absolute atomic E-state index is 2.37. The van der Waals surface area contributed by atoms with Crippen LogP contribution in [0, 0.1) is 6.92 Å². The van der Waals surface area contributed by atoms with Crippen molar-refractivity contribution >= 4 is 119 Å². The van der Waals surface area contributed by atoms with Gasteiger partial charge in [0.15, 0.2) is 0 Å². The van der Waals surface area contributed by atoms with E-state index in [0.717, 1.165) is 22.7 Å². The first kappa shape index (κ1) is 70.9. The van der Waals surface area contributed by atoms with E-state index in [1.54, 1.807) is 0 Å². The molecule has 0 N–H and O–H groups in total. The van der Waals surface area contributed by atoms with E-state index in [1.807, 2.05) is 90.7 Å². The van der Waals surface area contributed by atoms with Crippen molar-refractivity contribution in [2.75, 3.05) is 16.8 Å². The lowest BCUT2D eigenvalue weighted by Gasteiger charge is -2.27. The Morgan fingerprint density at radius 1 is 0.250 bits per heavy atom. The molecular weight excluding hydrogens is 1370 g/mol. The second-order valence-corrected chi connectivity index (χ2v) is 37.0. The van der Waals surface area contributed by atoms with Crippen LogP contribution < -0.4 is 9.80 Å². The first-order valence-corrected chi connectivity index (χ1v) is 41.9. The van der Waals surface area contributed by atoms with E-state index in [1.165, 1.54) is 187 Å². The number of hydrogen-bond acceptors (Lipinski definition) is 10. The number of benzene rings is 6. The van der Waals surface area contributed by atoms with Crippen molar-refractivity contribution in [3.05, 3.63) is 269 Å². The van der Waals surface area contributed by atoms with Gasteiger partial charge in [0.1, 0.15) is 0 Å². The summed E-state index contributed by atoms with van der Waals surface area (Å²) in [4.78, 5) is 26.6. The molecule has 8 heterocycles. The number of rotatable bonds is 24. The van der Waals surface area contributed by atoms with Crippen LogP contribution in [0.4, 0.5) is 28.4 Å². The summed E-state index contributed by atoms with van der Waals surface area (Å²) in [7, 11) is 2.14. The highest BCUT2D eigenvalue weighted by Gasteiger charge is 2.21. The topological polar surface area (TPSA) is 6.48 Å². The largest absolute Gasteiger partial charge is 0.345 e. The quantitative estimate of drug-likeness (QED) is 0.0557. The molecule has 0 aliphatic carbocycles.